The van der Waals surface area contributed by atoms with Gasteiger partial charge in [0.15, 0.2) is 0 Å². The molecule has 0 aliphatic rings. The van der Waals surface area contributed by atoms with Crippen LogP contribution in [0.25, 0.3) is 0 Å². The van der Waals surface area contributed by atoms with Gasteiger partial charge >= 0.3 is 0 Å². The number of hydrogen-bond acceptors (Lipinski definition) is 3. The number of aromatic nitrogens is 2. The van der Waals surface area contributed by atoms with Crippen molar-refractivity contribution >= 4 is 0 Å². The first kappa shape index (κ1) is 13.6. The first-order chi connectivity index (χ1) is 9.11. The molecule has 1 heterocycles. The molecule has 1 unspecified atom stereocenters. The van der Waals surface area contributed by atoms with Crippen molar-refractivity contribution < 1.29 is 9.84 Å². The monoisotopic (exact) mass is 260 g/mol. The molecular weight excluding hydrogens is 240 g/mol. The lowest BCUT2D eigenvalue weighted by Gasteiger charge is -2.12. The highest BCUT2D eigenvalue weighted by molar-refractivity contribution is 5.37. The molecule has 0 aliphatic heterocycles. The fraction of sp³-hybridized carbons (Fsp3) is 0.400. The quantitative estimate of drug-likeness (QED) is 0.899. The maximum absolute atomic E-state index is 9.54. The fourth-order valence-corrected chi connectivity index (χ4v) is 2.00. The Hall–Kier alpha value is -1.81. The average Bonchev–Trinajstić information content (AvgIpc) is 2.84. The third kappa shape index (κ3) is 3.15. The molecule has 1 N–H and O–H groups in total. The van der Waals surface area contributed by atoms with Gasteiger partial charge in [0, 0.05) is 6.54 Å². The van der Waals surface area contributed by atoms with Crippen LogP contribution < -0.4 is 4.74 Å². The van der Waals surface area contributed by atoms with Crippen LogP contribution in [0.15, 0.2) is 30.7 Å². The zero-order chi connectivity index (χ0) is 13.8. The van der Waals surface area contributed by atoms with E-state index in [0.29, 0.717) is 6.61 Å². The second-order valence-electron chi connectivity index (χ2n) is 4.66. The molecule has 1 aromatic heterocycles. The van der Waals surface area contributed by atoms with Gasteiger partial charge in [-0.15, -0.1) is 0 Å². The largest absolute Gasteiger partial charge is 0.487 e. The molecule has 0 fully saturated rings. The van der Waals surface area contributed by atoms with Gasteiger partial charge in [-0.3, -0.25) is 0 Å². The van der Waals surface area contributed by atoms with Crippen LogP contribution in [0.4, 0.5) is 0 Å². The van der Waals surface area contributed by atoms with Crippen molar-refractivity contribution in [3.05, 3.63) is 47.5 Å². The maximum atomic E-state index is 9.54. The number of aliphatic hydroxyl groups is 1. The van der Waals surface area contributed by atoms with Crippen molar-refractivity contribution in [2.45, 2.75) is 40.0 Å². The van der Waals surface area contributed by atoms with Gasteiger partial charge < -0.3 is 14.4 Å². The number of aliphatic hydroxyl groups excluding tert-OH is 1. The molecule has 0 aliphatic carbocycles. The molecule has 19 heavy (non-hydrogen) atoms. The van der Waals surface area contributed by atoms with E-state index >= 15 is 0 Å². The van der Waals surface area contributed by atoms with Crippen LogP contribution in [0.1, 0.15) is 36.8 Å². The number of benzene rings is 1. The molecule has 0 spiro atoms. The summed E-state index contributed by atoms with van der Waals surface area (Å²) in [6, 6.07) is 5.76. The summed E-state index contributed by atoms with van der Waals surface area (Å²) in [6.45, 7) is 7.21. The Morgan fingerprint density at radius 2 is 2.21 bits per heavy atom. The predicted molar refractivity (Wildman–Crippen MR) is 74.0 cm³/mol. The smallest absolute Gasteiger partial charge is 0.130 e. The van der Waals surface area contributed by atoms with Gasteiger partial charge in [0.1, 0.15) is 12.4 Å². The minimum atomic E-state index is -0.450. The van der Waals surface area contributed by atoms with E-state index in [0.717, 1.165) is 29.1 Å². The average molecular weight is 260 g/mol. The zero-order valence-corrected chi connectivity index (χ0v) is 11.6. The summed E-state index contributed by atoms with van der Waals surface area (Å²) in [5.74, 6) is 0.841. The summed E-state index contributed by atoms with van der Waals surface area (Å²) < 4.78 is 7.87. The topological polar surface area (TPSA) is 47.3 Å². The molecule has 0 saturated heterocycles. The van der Waals surface area contributed by atoms with Crippen LogP contribution in [-0.2, 0) is 13.2 Å². The summed E-state index contributed by atoms with van der Waals surface area (Å²) in [4.78, 5) is 4.11. The number of rotatable bonds is 5. The van der Waals surface area contributed by atoms with Gasteiger partial charge in [-0.05, 0) is 44.0 Å². The molecule has 0 bridgehead atoms. The van der Waals surface area contributed by atoms with Crippen LogP contribution in [-0.4, -0.2) is 14.7 Å². The minimum Gasteiger partial charge on any atom is -0.487 e. The molecule has 0 saturated carbocycles. The summed E-state index contributed by atoms with van der Waals surface area (Å²) in [5.41, 5.74) is 2.99. The van der Waals surface area contributed by atoms with Gasteiger partial charge in [-0.1, -0.05) is 6.07 Å². The molecule has 1 aromatic carbocycles. The maximum Gasteiger partial charge on any atom is 0.130 e. The number of ether oxygens (including phenoxy) is 1. The van der Waals surface area contributed by atoms with E-state index in [1.165, 1.54) is 0 Å². The van der Waals surface area contributed by atoms with Gasteiger partial charge in [0.05, 0.1) is 24.3 Å². The number of hydrogen-bond donors (Lipinski definition) is 1. The highest BCUT2D eigenvalue weighted by Crippen LogP contribution is 2.23. The number of imidazole rings is 1. The Morgan fingerprint density at radius 3 is 2.84 bits per heavy atom. The van der Waals surface area contributed by atoms with Gasteiger partial charge in [0.25, 0.3) is 0 Å². The Bertz CT molecular complexity index is 547. The standard InChI is InChI=1S/C15H20N2O2/c1-4-17-10-16-8-14(17)9-19-15-6-5-13(12(3)18)7-11(15)2/h5-8,10,12,18H,4,9H2,1-3H3. The molecule has 0 radical (unpaired) electrons. The first-order valence-corrected chi connectivity index (χ1v) is 6.52. The fourth-order valence-electron chi connectivity index (χ4n) is 2.00. The highest BCUT2D eigenvalue weighted by Gasteiger charge is 2.07. The van der Waals surface area contributed by atoms with Crippen molar-refractivity contribution in [2.75, 3.05) is 0 Å². The third-order valence-electron chi connectivity index (χ3n) is 3.20. The Kier molecular flexibility index (Phi) is 4.22. The molecular formula is C15H20N2O2. The van der Waals surface area contributed by atoms with E-state index in [1.807, 2.05) is 37.6 Å². The Balaban J connectivity index is 2.08. The van der Waals surface area contributed by atoms with Gasteiger partial charge in [0.2, 0.25) is 0 Å². The zero-order valence-electron chi connectivity index (χ0n) is 11.6. The lowest BCUT2D eigenvalue weighted by Crippen LogP contribution is -2.04. The normalized spacial score (nSPS) is 12.4. The van der Waals surface area contributed by atoms with Gasteiger partial charge in [-0.2, -0.15) is 0 Å². The van der Waals surface area contributed by atoms with Crippen LogP contribution in [0.3, 0.4) is 0 Å². The van der Waals surface area contributed by atoms with E-state index in [1.54, 1.807) is 6.92 Å². The van der Waals surface area contributed by atoms with Crippen molar-refractivity contribution in [3.8, 4) is 5.75 Å². The second kappa shape index (κ2) is 5.89. The molecule has 1 atom stereocenters. The minimum absolute atomic E-state index is 0.450. The van der Waals surface area contributed by atoms with Crippen molar-refractivity contribution in [2.24, 2.45) is 0 Å². The highest BCUT2D eigenvalue weighted by atomic mass is 16.5. The second-order valence-corrected chi connectivity index (χ2v) is 4.66. The molecule has 0 amide bonds. The van der Waals surface area contributed by atoms with E-state index in [2.05, 4.69) is 16.5 Å². The van der Waals surface area contributed by atoms with Crippen LogP contribution in [0.5, 0.6) is 5.75 Å². The van der Waals surface area contributed by atoms with Crippen molar-refractivity contribution in [3.63, 3.8) is 0 Å². The molecule has 4 nitrogen and oxygen atoms in total. The number of nitrogens with zero attached hydrogens (tertiary/aromatic N) is 2. The summed E-state index contributed by atoms with van der Waals surface area (Å²) in [6.07, 6.45) is 3.18. The summed E-state index contributed by atoms with van der Waals surface area (Å²) in [7, 11) is 0. The molecule has 2 aromatic rings. The van der Waals surface area contributed by atoms with Crippen LogP contribution in [0, 0.1) is 6.92 Å². The third-order valence-corrected chi connectivity index (χ3v) is 3.20. The SMILES string of the molecule is CCn1cncc1COc1ccc(C(C)O)cc1C. The van der Waals surface area contributed by atoms with Crippen LogP contribution in [0.2, 0.25) is 0 Å². The summed E-state index contributed by atoms with van der Waals surface area (Å²) >= 11 is 0. The summed E-state index contributed by atoms with van der Waals surface area (Å²) in [5, 5.41) is 9.54. The van der Waals surface area contributed by atoms with Crippen molar-refractivity contribution in [1.29, 1.82) is 0 Å². The van der Waals surface area contributed by atoms with E-state index in [4.69, 9.17) is 4.74 Å². The Labute approximate surface area is 113 Å². The molecule has 102 valence electrons. The van der Waals surface area contributed by atoms with Gasteiger partial charge in [-0.25, -0.2) is 4.98 Å². The van der Waals surface area contributed by atoms with Crippen molar-refractivity contribution in [1.82, 2.24) is 9.55 Å². The molecule has 4 heteroatoms. The number of aryl methyl sites for hydroxylation is 2. The lowest BCUT2D eigenvalue weighted by atomic mass is 10.1. The van der Waals surface area contributed by atoms with E-state index < -0.39 is 6.10 Å². The lowest BCUT2D eigenvalue weighted by molar-refractivity contribution is 0.199. The Morgan fingerprint density at radius 1 is 1.42 bits per heavy atom. The van der Waals surface area contributed by atoms with E-state index in [9.17, 15) is 5.11 Å². The predicted octanol–water partition coefficient (Wildman–Crippen LogP) is 2.84. The first-order valence-electron chi connectivity index (χ1n) is 6.52. The van der Waals surface area contributed by atoms with E-state index in [-0.39, 0.29) is 0 Å². The van der Waals surface area contributed by atoms with Crippen LogP contribution >= 0.6 is 0 Å². The molecule has 2 rings (SSSR count).